The molecule has 2 rings (SSSR count). The smallest absolute Gasteiger partial charge is 0.156 e. The second-order valence-electron chi connectivity index (χ2n) is 5.50. The van der Waals surface area contributed by atoms with Gasteiger partial charge in [-0.05, 0) is 39.3 Å². The van der Waals surface area contributed by atoms with Crippen LogP contribution < -0.4 is 5.32 Å². The molecule has 0 radical (unpaired) electrons. The van der Waals surface area contributed by atoms with Gasteiger partial charge in [0.2, 0.25) is 0 Å². The SMILES string of the molecule is CCCC1CN=C(NCC(C)N2CCCCC2)S1. The normalized spacial score (nSPS) is 27.0. The van der Waals surface area contributed by atoms with E-state index in [2.05, 4.69) is 29.1 Å². The number of piperidine rings is 1. The van der Waals surface area contributed by atoms with E-state index in [1.54, 1.807) is 0 Å². The van der Waals surface area contributed by atoms with Crippen molar-refractivity contribution in [2.75, 3.05) is 26.2 Å². The summed E-state index contributed by atoms with van der Waals surface area (Å²) in [6.07, 6.45) is 6.72. The van der Waals surface area contributed by atoms with Gasteiger partial charge >= 0.3 is 0 Å². The fourth-order valence-corrected chi connectivity index (χ4v) is 3.84. The molecule has 1 fully saturated rings. The monoisotopic (exact) mass is 269 g/mol. The zero-order chi connectivity index (χ0) is 12.8. The first kappa shape index (κ1) is 14.2. The highest BCUT2D eigenvalue weighted by Gasteiger charge is 2.20. The van der Waals surface area contributed by atoms with Crippen molar-refractivity contribution in [2.45, 2.75) is 57.2 Å². The number of hydrogen-bond acceptors (Lipinski definition) is 4. The molecule has 2 aliphatic rings. The fraction of sp³-hybridized carbons (Fsp3) is 0.929. The van der Waals surface area contributed by atoms with E-state index in [-0.39, 0.29) is 0 Å². The van der Waals surface area contributed by atoms with Crippen LogP contribution in [0, 0.1) is 0 Å². The Balaban J connectivity index is 1.65. The lowest BCUT2D eigenvalue weighted by atomic mass is 10.1. The minimum Gasteiger partial charge on any atom is -0.363 e. The number of likely N-dealkylation sites (tertiary alicyclic amines) is 1. The molecule has 0 bridgehead atoms. The highest BCUT2D eigenvalue weighted by Crippen LogP contribution is 2.23. The highest BCUT2D eigenvalue weighted by atomic mass is 32.2. The molecule has 0 amide bonds. The lowest BCUT2D eigenvalue weighted by molar-refractivity contribution is 0.175. The van der Waals surface area contributed by atoms with Crippen molar-refractivity contribution >= 4 is 16.9 Å². The minimum absolute atomic E-state index is 0.638. The number of amidine groups is 1. The van der Waals surface area contributed by atoms with E-state index < -0.39 is 0 Å². The molecular formula is C14H27N3S. The number of nitrogens with one attached hydrogen (secondary N) is 1. The highest BCUT2D eigenvalue weighted by molar-refractivity contribution is 8.14. The van der Waals surface area contributed by atoms with E-state index in [0.717, 1.165) is 18.3 Å². The van der Waals surface area contributed by atoms with Crippen LogP contribution in [0.5, 0.6) is 0 Å². The first-order valence-corrected chi connectivity index (χ1v) is 8.36. The summed E-state index contributed by atoms with van der Waals surface area (Å²) in [5.41, 5.74) is 0. The van der Waals surface area contributed by atoms with Crippen LogP contribution in [0.4, 0.5) is 0 Å². The third-order valence-electron chi connectivity index (χ3n) is 3.89. The summed E-state index contributed by atoms with van der Waals surface area (Å²) in [6, 6.07) is 0.638. The van der Waals surface area contributed by atoms with Gasteiger partial charge in [0.25, 0.3) is 0 Å². The molecular weight excluding hydrogens is 242 g/mol. The Morgan fingerprint density at radius 2 is 2.17 bits per heavy atom. The maximum Gasteiger partial charge on any atom is 0.156 e. The van der Waals surface area contributed by atoms with Crippen molar-refractivity contribution in [3.05, 3.63) is 0 Å². The Morgan fingerprint density at radius 1 is 1.39 bits per heavy atom. The molecule has 0 saturated carbocycles. The van der Waals surface area contributed by atoms with Crippen molar-refractivity contribution in [3.8, 4) is 0 Å². The second-order valence-corrected chi connectivity index (χ2v) is 6.79. The largest absolute Gasteiger partial charge is 0.363 e. The first-order valence-electron chi connectivity index (χ1n) is 7.48. The van der Waals surface area contributed by atoms with Gasteiger partial charge < -0.3 is 5.32 Å². The summed E-state index contributed by atoms with van der Waals surface area (Å²) < 4.78 is 0. The number of rotatable bonds is 5. The topological polar surface area (TPSA) is 27.6 Å². The van der Waals surface area contributed by atoms with Gasteiger partial charge in [0.05, 0.1) is 6.54 Å². The third-order valence-corrected chi connectivity index (χ3v) is 5.10. The molecule has 18 heavy (non-hydrogen) atoms. The molecule has 104 valence electrons. The van der Waals surface area contributed by atoms with Crippen LogP contribution in [0.3, 0.4) is 0 Å². The van der Waals surface area contributed by atoms with Gasteiger partial charge in [-0.3, -0.25) is 9.89 Å². The number of thioether (sulfide) groups is 1. The molecule has 0 aromatic rings. The van der Waals surface area contributed by atoms with Gasteiger partial charge in [-0.1, -0.05) is 31.5 Å². The summed E-state index contributed by atoms with van der Waals surface area (Å²) in [5.74, 6) is 0. The Kier molecular flexibility index (Phi) is 5.83. The van der Waals surface area contributed by atoms with Gasteiger partial charge in [0.1, 0.15) is 0 Å². The molecule has 0 aromatic heterocycles. The van der Waals surface area contributed by atoms with Gasteiger partial charge in [0.15, 0.2) is 5.17 Å². The van der Waals surface area contributed by atoms with Crippen LogP contribution in [0.15, 0.2) is 4.99 Å². The number of hydrogen-bond donors (Lipinski definition) is 1. The van der Waals surface area contributed by atoms with E-state index in [4.69, 9.17) is 0 Å². The predicted octanol–water partition coefficient (Wildman–Crippen LogP) is 2.72. The number of aliphatic imine (C=N–C) groups is 1. The summed E-state index contributed by atoms with van der Waals surface area (Å²) in [5, 5.41) is 5.44. The first-order chi connectivity index (χ1) is 8.79. The molecule has 2 heterocycles. The van der Waals surface area contributed by atoms with Crippen LogP contribution >= 0.6 is 11.8 Å². The van der Waals surface area contributed by atoms with Crippen molar-refractivity contribution < 1.29 is 0 Å². The Bertz CT molecular complexity index is 274. The Morgan fingerprint density at radius 3 is 2.89 bits per heavy atom. The van der Waals surface area contributed by atoms with E-state index in [1.165, 1.54) is 50.4 Å². The molecule has 0 aromatic carbocycles. The average Bonchev–Trinajstić information content (AvgIpc) is 2.85. The molecule has 2 atom stereocenters. The minimum atomic E-state index is 0.638. The van der Waals surface area contributed by atoms with Crippen molar-refractivity contribution in [1.82, 2.24) is 10.2 Å². The Labute approximate surface area is 116 Å². The maximum absolute atomic E-state index is 4.60. The van der Waals surface area contributed by atoms with Crippen LogP contribution in [0.25, 0.3) is 0 Å². The van der Waals surface area contributed by atoms with E-state index in [0.29, 0.717) is 6.04 Å². The molecule has 4 heteroatoms. The van der Waals surface area contributed by atoms with Crippen LogP contribution in [-0.4, -0.2) is 47.5 Å². The molecule has 2 aliphatic heterocycles. The molecule has 1 saturated heterocycles. The van der Waals surface area contributed by atoms with Crippen molar-refractivity contribution in [1.29, 1.82) is 0 Å². The quantitative estimate of drug-likeness (QED) is 0.831. The summed E-state index contributed by atoms with van der Waals surface area (Å²) in [4.78, 5) is 7.21. The molecule has 0 aliphatic carbocycles. The van der Waals surface area contributed by atoms with E-state index in [9.17, 15) is 0 Å². The number of nitrogens with zero attached hydrogens (tertiary/aromatic N) is 2. The van der Waals surface area contributed by atoms with Crippen LogP contribution in [0.2, 0.25) is 0 Å². The zero-order valence-corrected chi connectivity index (χ0v) is 12.6. The zero-order valence-electron chi connectivity index (χ0n) is 11.8. The van der Waals surface area contributed by atoms with Gasteiger partial charge in [-0.25, -0.2) is 0 Å². The summed E-state index contributed by atoms with van der Waals surface area (Å²) in [7, 11) is 0. The van der Waals surface area contributed by atoms with Gasteiger partial charge in [0, 0.05) is 17.8 Å². The van der Waals surface area contributed by atoms with Gasteiger partial charge in [-0.2, -0.15) is 0 Å². The van der Waals surface area contributed by atoms with E-state index in [1.807, 2.05) is 11.8 Å². The van der Waals surface area contributed by atoms with Crippen molar-refractivity contribution in [2.24, 2.45) is 4.99 Å². The maximum atomic E-state index is 4.60. The molecule has 0 spiro atoms. The third kappa shape index (κ3) is 4.16. The average molecular weight is 269 g/mol. The predicted molar refractivity (Wildman–Crippen MR) is 81.5 cm³/mol. The molecule has 2 unspecified atom stereocenters. The second kappa shape index (κ2) is 7.39. The van der Waals surface area contributed by atoms with Crippen LogP contribution in [0.1, 0.15) is 46.0 Å². The van der Waals surface area contributed by atoms with Crippen LogP contribution in [-0.2, 0) is 0 Å². The van der Waals surface area contributed by atoms with E-state index >= 15 is 0 Å². The standard InChI is InChI=1S/C14H27N3S/c1-3-7-13-11-16-14(18-13)15-10-12(2)17-8-5-4-6-9-17/h12-13H,3-11H2,1-2H3,(H,15,16). The lowest BCUT2D eigenvalue weighted by Crippen LogP contribution is -2.43. The Hall–Kier alpha value is -0.220. The molecule has 3 nitrogen and oxygen atoms in total. The summed E-state index contributed by atoms with van der Waals surface area (Å²) >= 11 is 1.94. The van der Waals surface area contributed by atoms with Gasteiger partial charge in [-0.15, -0.1) is 0 Å². The fourth-order valence-electron chi connectivity index (χ4n) is 2.71. The summed E-state index contributed by atoms with van der Waals surface area (Å²) in [6.45, 7) is 9.21. The molecule has 1 N–H and O–H groups in total. The lowest BCUT2D eigenvalue weighted by Gasteiger charge is -2.32. The van der Waals surface area contributed by atoms with Crippen molar-refractivity contribution in [3.63, 3.8) is 0 Å².